The highest BCUT2D eigenvalue weighted by Gasteiger charge is 2.06. The van der Waals surface area contributed by atoms with E-state index in [-0.39, 0.29) is 11.9 Å². The molecule has 1 aromatic rings. The van der Waals surface area contributed by atoms with Gasteiger partial charge in [0.15, 0.2) is 0 Å². The van der Waals surface area contributed by atoms with Crippen molar-refractivity contribution in [2.24, 2.45) is 0 Å². The molecule has 2 N–H and O–H groups in total. The summed E-state index contributed by atoms with van der Waals surface area (Å²) in [7, 11) is 0. The van der Waals surface area contributed by atoms with Crippen LogP contribution in [0.2, 0.25) is 0 Å². The number of carbonyl (C=O) groups is 1. The predicted molar refractivity (Wildman–Crippen MR) is 70.3 cm³/mol. The molecule has 100 valence electrons. The molecule has 1 heterocycles. The molecule has 0 atom stereocenters. The van der Waals surface area contributed by atoms with Crippen molar-refractivity contribution in [2.75, 3.05) is 11.9 Å². The number of nitrogens with one attached hydrogen (secondary N) is 2. The molecule has 0 aliphatic rings. The van der Waals surface area contributed by atoms with Gasteiger partial charge >= 0.3 is 0 Å². The zero-order valence-electron chi connectivity index (χ0n) is 11.4. The van der Waals surface area contributed by atoms with Gasteiger partial charge in [0, 0.05) is 12.5 Å². The largest absolute Gasteiger partial charge is 0.315 e. The quantitative estimate of drug-likeness (QED) is 0.743. The topological polar surface area (TPSA) is 79.8 Å². The summed E-state index contributed by atoms with van der Waals surface area (Å²) >= 11 is 0. The first kappa shape index (κ1) is 14.5. The fraction of sp³-hybridized carbons (Fsp3) is 0.667. The van der Waals surface area contributed by atoms with E-state index < -0.39 is 0 Å². The smallest absolute Gasteiger partial charge is 0.249 e. The highest BCUT2D eigenvalue weighted by atomic mass is 16.1. The lowest BCUT2D eigenvalue weighted by molar-refractivity contribution is -0.116. The molecule has 0 saturated carbocycles. The van der Waals surface area contributed by atoms with Crippen molar-refractivity contribution in [3.63, 3.8) is 0 Å². The SMILES string of the molecule is Cc1nnc(NC(=O)CCCNC(C)C)nc1C. The van der Waals surface area contributed by atoms with Crippen molar-refractivity contribution in [3.05, 3.63) is 11.4 Å². The number of amides is 1. The maximum absolute atomic E-state index is 11.6. The van der Waals surface area contributed by atoms with Crippen LogP contribution in [0.5, 0.6) is 0 Å². The Kier molecular flexibility index (Phi) is 5.64. The molecule has 0 bridgehead atoms. The van der Waals surface area contributed by atoms with E-state index >= 15 is 0 Å². The normalized spacial score (nSPS) is 10.7. The van der Waals surface area contributed by atoms with Crippen molar-refractivity contribution in [1.82, 2.24) is 20.5 Å². The lowest BCUT2D eigenvalue weighted by atomic mass is 10.3. The molecule has 0 unspecified atom stereocenters. The first-order chi connectivity index (χ1) is 8.49. The zero-order chi connectivity index (χ0) is 13.5. The van der Waals surface area contributed by atoms with Gasteiger partial charge in [-0.1, -0.05) is 13.8 Å². The van der Waals surface area contributed by atoms with E-state index in [1.54, 1.807) is 0 Å². The summed E-state index contributed by atoms with van der Waals surface area (Å²) in [5, 5.41) is 13.6. The monoisotopic (exact) mass is 251 g/mol. The summed E-state index contributed by atoms with van der Waals surface area (Å²) < 4.78 is 0. The molecule has 6 nitrogen and oxygen atoms in total. The second-order valence-electron chi connectivity index (χ2n) is 4.57. The molecule has 0 saturated heterocycles. The highest BCUT2D eigenvalue weighted by molar-refractivity contribution is 5.88. The van der Waals surface area contributed by atoms with E-state index in [9.17, 15) is 4.79 Å². The van der Waals surface area contributed by atoms with Gasteiger partial charge in [-0.25, -0.2) is 4.98 Å². The molecule has 6 heteroatoms. The summed E-state index contributed by atoms with van der Waals surface area (Å²) in [5.41, 5.74) is 1.55. The summed E-state index contributed by atoms with van der Waals surface area (Å²) in [6.07, 6.45) is 1.25. The minimum absolute atomic E-state index is 0.0781. The molecule has 0 aliphatic carbocycles. The van der Waals surface area contributed by atoms with Crippen LogP contribution in [0.15, 0.2) is 0 Å². The number of carbonyl (C=O) groups excluding carboxylic acids is 1. The molecular formula is C12H21N5O. The van der Waals surface area contributed by atoms with Crippen molar-refractivity contribution in [1.29, 1.82) is 0 Å². The maximum Gasteiger partial charge on any atom is 0.249 e. The van der Waals surface area contributed by atoms with Crippen molar-refractivity contribution >= 4 is 11.9 Å². The number of hydrogen-bond donors (Lipinski definition) is 2. The van der Waals surface area contributed by atoms with Crippen LogP contribution >= 0.6 is 0 Å². The van der Waals surface area contributed by atoms with Crippen molar-refractivity contribution < 1.29 is 4.79 Å². The zero-order valence-corrected chi connectivity index (χ0v) is 11.4. The van der Waals surface area contributed by atoms with Crippen molar-refractivity contribution in [3.8, 4) is 0 Å². The number of nitrogens with zero attached hydrogens (tertiary/aromatic N) is 3. The van der Waals surface area contributed by atoms with E-state index in [0.717, 1.165) is 24.4 Å². The number of hydrogen-bond acceptors (Lipinski definition) is 5. The molecule has 0 spiro atoms. The van der Waals surface area contributed by atoms with Crippen LogP contribution in [0.4, 0.5) is 5.95 Å². The second-order valence-corrected chi connectivity index (χ2v) is 4.57. The van der Waals surface area contributed by atoms with Crippen LogP contribution in [0.3, 0.4) is 0 Å². The predicted octanol–water partition coefficient (Wildman–Crippen LogP) is 1.21. The molecule has 0 fully saturated rings. The molecular weight excluding hydrogens is 230 g/mol. The summed E-state index contributed by atoms with van der Waals surface area (Å²) in [6.45, 7) is 8.66. The number of anilines is 1. The Morgan fingerprint density at radius 3 is 2.56 bits per heavy atom. The Labute approximate surface area is 108 Å². The molecule has 0 aliphatic heterocycles. The number of aryl methyl sites for hydroxylation is 2. The first-order valence-corrected chi connectivity index (χ1v) is 6.20. The lowest BCUT2D eigenvalue weighted by Gasteiger charge is -2.07. The van der Waals surface area contributed by atoms with E-state index in [1.807, 2.05) is 13.8 Å². The van der Waals surface area contributed by atoms with Crippen molar-refractivity contribution in [2.45, 2.75) is 46.6 Å². The van der Waals surface area contributed by atoms with E-state index in [4.69, 9.17) is 0 Å². The third-order valence-electron chi connectivity index (χ3n) is 2.48. The average Bonchev–Trinajstić information content (AvgIpc) is 2.29. The Balaban J connectivity index is 2.33. The minimum atomic E-state index is -0.0781. The Bertz CT molecular complexity index is 405. The summed E-state index contributed by atoms with van der Waals surface area (Å²) in [5.74, 6) is 0.200. The van der Waals surface area contributed by atoms with Crippen LogP contribution in [-0.2, 0) is 4.79 Å². The van der Waals surface area contributed by atoms with Gasteiger partial charge in [0.25, 0.3) is 0 Å². The van der Waals surface area contributed by atoms with Gasteiger partial charge in [0.1, 0.15) is 0 Å². The van der Waals surface area contributed by atoms with Gasteiger partial charge in [0.05, 0.1) is 11.4 Å². The van der Waals surface area contributed by atoms with Gasteiger partial charge < -0.3 is 5.32 Å². The fourth-order valence-corrected chi connectivity index (χ4v) is 1.34. The summed E-state index contributed by atoms with van der Waals surface area (Å²) in [6, 6.07) is 0.445. The van der Waals surface area contributed by atoms with Gasteiger partial charge in [0.2, 0.25) is 11.9 Å². The van der Waals surface area contributed by atoms with Crippen LogP contribution < -0.4 is 10.6 Å². The number of aromatic nitrogens is 3. The second kappa shape index (κ2) is 7.00. The van der Waals surface area contributed by atoms with Gasteiger partial charge in [-0.05, 0) is 26.8 Å². The molecule has 0 aromatic carbocycles. The van der Waals surface area contributed by atoms with E-state index in [2.05, 4.69) is 39.7 Å². The molecule has 0 radical (unpaired) electrons. The molecule has 18 heavy (non-hydrogen) atoms. The summed E-state index contributed by atoms with van der Waals surface area (Å²) in [4.78, 5) is 15.8. The van der Waals surface area contributed by atoms with Crippen LogP contribution in [0.1, 0.15) is 38.1 Å². The van der Waals surface area contributed by atoms with Crippen LogP contribution in [-0.4, -0.2) is 33.7 Å². The molecule has 1 rings (SSSR count). The van der Waals surface area contributed by atoms with E-state index in [1.165, 1.54) is 0 Å². The Hall–Kier alpha value is -1.56. The van der Waals surface area contributed by atoms with Crippen LogP contribution in [0, 0.1) is 13.8 Å². The average molecular weight is 251 g/mol. The van der Waals surface area contributed by atoms with Crippen LogP contribution in [0.25, 0.3) is 0 Å². The molecule has 1 aromatic heterocycles. The van der Waals surface area contributed by atoms with E-state index in [0.29, 0.717) is 12.5 Å². The van der Waals surface area contributed by atoms with Gasteiger partial charge in [-0.3, -0.25) is 10.1 Å². The lowest BCUT2D eigenvalue weighted by Crippen LogP contribution is -2.25. The first-order valence-electron chi connectivity index (χ1n) is 6.20. The molecule has 1 amide bonds. The third-order valence-corrected chi connectivity index (χ3v) is 2.48. The Morgan fingerprint density at radius 1 is 1.22 bits per heavy atom. The van der Waals surface area contributed by atoms with Gasteiger partial charge in [-0.15, -0.1) is 5.10 Å². The minimum Gasteiger partial charge on any atom is -0.315 e. The Morgan fingerprint density at radius 2 is 1.94 bits per heavy atom. The standard InChI is InChI=1S/C12H21N5O/c1-8(2)13-7-5-6-11(18)15-12-14-9(3)10(4)16-17-12/h8,13H,5-7H2,1-4H3,(H,14,15,17,18). The highest BCUT2D eigenvalue weighted by Crippen LogP contribution is 2.02. The number of rotatable bonds is 6. The third kappa shape index (κ3) is 5.18. The maximum atomic E-state index is 11.6. The van der Waals surface area contributed by atoms with Gasteiger partial charge in [-0.2, -0.15) is 5.10 Å². The fourth-order valence-electron chi connectivity index (χ4n) is 1.34.